The maximum Gasteiger partial charge on any atom is 0.243 e. The predicted octanol–water partition coefficient (Wildman–Crippen LogP) is 1.36. The number of carbonyl (C=O) groups is 1. The van der Waals surface area contributed by atoms with Crippen LogP contribution in [0.2, 0.25) is 0 Å². The molecule has 1 aliphatic heterocycles. The van der Waals surface area contributed by atoms with Crippen LogP contribution in [0, 0.1) is 0 Å². The number of benzene rings is 1. The van der Waals surface area contributed by atoms with Crippen LogP contribution >= 0.6 is 0 Å². The number of guanidine groups is 1. The Morgan fingerprint density at radius 2 is 2.09 bits per heavy atom. The Labute approximate surface area is 131 Å². The second kappa shape index (κ2) is 7.79. The largest absolute Gasteiger partial charge is 0.373 e. The molecule has 1 aromatic rings. The van der Waals surface area contributed by atoms with E-state index in [1.165, 1.54) is 0 Å². The highest BCUT2D eigenvalue weighted by molar-refractivity contribution is 5.94. The SMILES string of the molecule is CN=C(NCC(=O)Nc1ccccc1)NCC1(C)CCCO1. The van der Waals surface area contributed by atoms with E-state index in [4.69, 9.17) is 4.74 Å². The molecule has 6 nitrogen and oxygen atoms in total. The highest BCUT2D eigenvalue weighted by atomic mass is 16.5. The van der Waals surface area contributed by atoms with Crippen LogP contribution in [0.4, 0.5) is 5.69 Å². The van der Waals surface area contributed by atoms with Gasteiger partial charge in [0.15, 0.2) is 5.96 Å². The Morgan fingerprint density at radius 3 is 2.73 bits per heavy atom. The molecule has 22 heavy (non-hydrogen) atoms. The van der Waals surface area contributed by atoms with Crippen molar-refractivity contribution in [3.05, 3.63) is 30.3 Å². The van der Waals surface area contributed by atoms with Crippen LogP contribution in [-0.4, -0.2) is 44.2 Å². The van der Waals surface area contributed by atoms with Crippen LogP contribution in [0.1, 0.15) is 19.8 Å². The third-order valence-electron chi connectivity index (χ3n) is 3.63. The van der Waals surface area contributed by atoms with Crippen molar-refractivity contribution < 1.29 is 9.53 Å². The van der Waals surface area contributed by atoms with E-state index in [0.717, 1.165) is 25.1 Å². The average molecular weight is 304 g/mol. The quantitative estimate of drug-likeness (QED) is 0.567. The van der Waals surface area contributed by atoms with Crippen molar-refractivity contribution in [1.82, 2.24) is 10.6 Å². The third kappa shape index (κ3) is 5.04. The van der Waals surface area contributed by atoms with Gasteiger partial charge in [-0.05, 0) is 31.9 Å². The Balaban J connectivity index is 1.73. The number of hydrogen-bond acceptors (Lipinski definition) is 3. The van der Waals surface area contributed by atoms with E-state index in [2.05, 4.69) is 27.9 Å². The third-order valence-corrected chi connectivity index (χ3v) is 3.63. The standard InChI is InChI=1S/C16H24N4O2/c1-16(9-6-10-22-16)12-19-15(17-2)18-11-14(21)20-13-7-4-3-5-8-13/h3-5,7-8H,6,9-12H2,1-2H3,(H,20,21)(H2,17,18,19). The lowest BCUT2D eigenvalue weighted by atomic mass is 10.0. The van der Waals surface area contributed by atoms with Gasteiger partial charge in [0.25, 0.3) is 0 Å². The van der Waals surface area contributed by atoms with Crippen molar-refractivity contribution >= 4 is 17.6 Å². The van der Waals surface area contributed by atoms with Crippen molar-refractivity contribution in [2.45, 2.75) is 25.4 Å². The molecule has 1 fully saturated rings. The van der Waals surface area contributed by atoms with Gasteiger partial charge >= 0.3 is 0 Å². The molecule has 120 valence electrons. The molecule has 0 aromatic heterocycles. The summed E-state index contributed by atoms with van der Waals surface area (Å²) in [6.45, 7) is 3.73. The Morgan fingerprint density at radius 1 is 1.32 bits per heavy atom. The summed E-state index contributed by atoms with van der Waals surface area (Å²) in [7, 11) is 1.68. The Kier molecular flexibility index (Phi) is 5.77. The van der Waals surface area contributed by atoms with Crippen molar-refractivity contribution in [1.29, 1.82) is 0 Å². The van der Waals surface area contributed by atoms with E-state index >= 15 is 0 Å². The number of ether oxygens (including phenoxy) is 1. The number of nitrogens with zero attached hydrogens (tertiary/aromatic N) is 1. The van der Waals surface area contributed by atoms with Crippen molar-refractivity contribution in [2.75, 3.05) is 32.1 Å². The fourth-order valence-electron chi connectivity index (χ4n) is 2.36. The second-order valence-corrected chi connectivity index (χ2v) is 5.60. The number of amides is 1. The summed E-state index contributed by atoms with van der Waals surface area (Å²) in [5, 5.41) is 9.02. The lowest BCUT2D eigenvalue weighted by Gasteiger charge is -2.24. The van der Waals surface area contributed by atoms with E-state index < -0.39 is 0 Å². The summed E-state index contributed by atoms with van der Waals surface area (Å²) in [4.78, 5) is 16.0. The zero-order chi connectivity index (χ0) is 15.8. The number of rotatable bonds is 5. The minimum atomic E-state index is -0.149. The van der Waals surface area contributed by atoms with Gasteiger partial charge in [-0.15, -0.1) is 0 Å². The maximum atomic E-state index is 11.9. The Hall–Kier alpha value is -2.08. The summed E-state index contributed by atoms with van der Waals surface area (Å²) >= 11 is 0. The van der Waals surface area contributed by atoms with Crippen LogP contribution in [-0.2, 0) is 9.53 Å². The van der Waals surface area contributed by atoms with Crippen LogP contribution in [0.15, 0.2) is 35.3 Å². The lowest BCUT2D eigenvalue weighted by Crippen LogP contribution is -2.47. The van der Waals surface area contributed by atoms with Crippen LogP contribution < -0.4 is 16.0 Å². The molecule has 0 radical (unpaired) electrons. The van der Waals surface area contributed by atoms with E-state index in [1.54, 1.807) is 7.05 Å². The molecule has 3 N–H and O–H groups in total. The van der Waals surface area contributed by atoms with E-state index in [-0.39, 0.29) is 18.1 Å². The number of nitrogens with one attached hydrogen (secondary N) is 3. The minimum Gasteiger partial charge on any atom is -0.373 e. The number of aliphatic imine (C=N–C) groups is 1. The molecule has 0 bridgehead atoms. The second-order valence-electron chi connectivity index (χ2n) is 5.60. The van der Waals surface area contributed by atoms with Gasteiger partial charge in [0, 0.05) is 25.9 Å². The van der Waals surface area contributed by atoms with Crippen molar-refractivity contribution in [3.8, 4) is 0 Å². The monoisotopic (exact) mass is 304 g/mol. The van der Waals surface area contributed by atoms with Crippen molar-refractivity contribution in [3.63, 3.8) is 0 Å². The van der Waals surface area contributed by atoms with E-state index in [0.29, 0.717) is 12.5 Å². The molecule has 1 aliphatic rings. The van der Waals surface area contributed by atoms with E-state index in [1.807, 2.05) is 30.3 Å². The fourth-order valence-corrected chi connectivity index (χ4v) is 2.36. The summed E-state index contributed by atoms with van der Waals surface area (Å²) in [6, 6.07) is 9.37. The van der Waals surface area contributed by atoms with Crippen LogP contribution in [0.3, 0.4) is 0 Å². The molecular weight excluding hydrogens is 280 g/mol. The summed E-state index contributed by atoms with van der Waals surface area (Å²) in [6.07, 6.45) is 2.12. The zero-order valence-corrected chi connectivity index (χ0v) is 13.2. The van der Waals surface area contributed by atoms with Gasteiger partial charge in [-0.2, -0.15) is 0 Å². The van der Waals surface area contributed by atoms with Crippen LogP contribution in [0.5, 0.6) is 0 Å². The summed E-state index contributed by atoms with van der Waals surface area (Å²) in [5.74, 6) is 0.484. The van der Waals surface area contributed by atoms with Gasteiger partial charge < -0.3 is 20.7 Å². The normalized spacial score (nSPS) is 21.5. The highest BCUT2D eigenvalue weighted by Crippen LogP contribution is 2.23. The predicted molar refractivity (Wildman–Crippen MR) is 88.0 cm³/mol. The molecule has 1 aromatic carbocycles. The fraction of sp³-hybridized carbons (Fsp3) is 0.500. The molecule has 1 unspecified atom stereocenters. The molecule has 1 amide bonds. The first kappa shape index (κ1) is 16.3. The molecule has 0 aliphatic carbocycles. The topological polar surface area (TPSA) is 74.8 Å². The molecule has 0 saturated carbocycles. The molecule has 1 atom stereocenters. The highest BCUT2D eigenvalue weighted by Gasteiger charge is 2.29. The average Bonchev–Trinajstić information content (AvgIpc) is 2.95. The number of hydrogen-bond donors (Lipinski definition) is 3. The number of para-hydroxylation sites is 1. The molecule has 2 rings (SSSR count). The first-order chi connectivity index (χ1) is 10.6. The summed E-state index contributed by atoms with van der Waals surface area (Å²) < 4.78 is 5.72. The van der Waals surface area contributed by atoms with E-state index in [9.17, 15) is 4.79 Å². The first-order valence-electron chi connectivity index (χ1n) is 7.55. The first-order valence-corrected chi connectivity index (χ1v) is 7.55. The minimum absolute atomic E-state index is 0.113. The summed E-state index contributed by atoms with van der Waals surface area (Å²) in [5.41, 5.74) is 0.633. The maximum absolute atomic E-state index is 11.9. The molecule has 1 heterocycles. The van der Waals surface area contributed by atoms with Gasteiger partial charge in [0.2, 0.25) is 5.91 Å². The molecular formula is C16H24N4O2. The van der Waals surface area contributed by atoms with Gasteiger partial charge in [0.1, 0.15) is 0 Å². The van der Waals surface area contributed by atoms with Gasteiger partial charge in [-0.1, -0.05) is 18.2 Å². The number of anilines is 1. The van der Waals surface area contributed by atoms with Gasteiger partial charge in [-0.25, -0.2) is 0 Å². The molecule has 6 heteroatoms. The zero-order valence-electron chi connectivity index (χ0n) is 13.2. The van der Waals surface area contributed by atoms with Crippen molar-refractivity contribution in [2.24, 2.45) is 4.99 Å². The molecule has 0 spiro atoms. The van der Waals surface area contributed by atoms with Gasteiger partial charge in [-0.3, -0.25) is 9.79 Å². The van der Waals surface area contributed by atoms with Gasteiger partial charge in [0.05, 0.1) is 12.1 Å². The Bertz CT molecular complexity index is 510. The lowest BCUT2D eigenvalue weighted by molar-refractivity contribution is -0.115. The number of carbonyl (C=O) groups excluding carboxylic acids is 1. The molecule has 1 saturated heterocycles. The smallest absolute Gasteiger partial charge is 0.243 e. The van der Waals surface area contributed by atoms with Crippen LogP contribution in [0.25, 0.3) is 0 Å².